The molecule has 3 saturated heterocycles. The molecular weight excluding hydrogens is 1750 g/mol. The Hall–Kier alpha value is -2.90. The minimum absolute atomic E-state index is 0.00412. The number of ketones is 1. The van der Waals surface area contributed by atoms with Crippen molar-refractivity contribution in [3.05, 3.63) is 12.2 Å². The first-order valence-electron chi connectivity index (χ1n) is 54.6. The highest BCUT2D eigenvalue weighted by atomic mass is 16.5. The number of carbonyl (C=O) groups is 4. The number of aliphatic hydroxyl groups excluding tert-OH is 15. The Morgan fingerprint density at radius 3 is 1.08 bits per heavy atom. The van der Waals surface area contributed by atoms with Gasteiger partial charge in [-0.05, 0) is 367 Å². The molecule has 0 radical (unpaired) electrons. The molecule has 16 rings (SSSR count). The first kappa shape index (κ1) is 111. The normalized spacial score (nSPS) is 47.9. The van der Waals surface area contributed by atoms with Crippen LogP contribution in [0.4, 0.5) is 0 Å². The molecule has 16 aliphatic rings. The molecule has 0 aromatic carbocycles. The Morgan fingerprint density at radius 2 is 0.737 bits per heavy atom. The Labute approximate surface area is 820 Å². The average molecular weight is 1940 g/mol. The number of esters is 3. The molecule has 25 nitrogen and oxygen atoms in total. The molecule has 13 aliphatic carbocycles. The van der Waals surface area contributed by atoms with Crippen LogP contribution in [0.5, 0.6) is 0 Å². The maximum Gasteiger partial charge on any atom is 0.309 e. The fourth-order valence-corrected chi connectivity index (χ4v) is 36.3. The summed E-state index contributed by atoms with van der Waals surface area (Å²) in [6.45, 7) is 50.6. The number of hydrogen-bond donors (Lipinski definition) is 18. The molecule has 0 spiro atoms. The number of fused-ring (bicyclic) bond motifs is 20. The van der Waals surface area contributed by atoms with Crippen molar-refractivity contribution in [3.8, 4) is 0 Å². The molecule has 13 saturated carbocycles. The molecule has 788 valence electrons. The van der Waals surface area contributed by atoms with Gasteiger partial charge in [-0.25, -0.2) is 0 Å². The van der Waals surface area contributed by atoms with E-state index < -0.39 is 119 Å². The largest absolute Gasteiger partial charge is 0.465 e. The standard InChI is InChI=1S/C29H50O6.C28H48O6.C28H46O6.C27H46O7/c1-7-17(15(2)3)26(33)25(32)16(4)19-8-9-20-18-14-35-27(34)22-12-23(30)24(31)13-29(22,6)21(18)10-11-28(19,20)5;2*1-14(2)15(3)24(31)25(32)16(4)18-7-8-19-17-13-34-26(33)21-11-22(29)23(30)12-28(21,6)20(17)9-10-27(18,19)5;1-23(2,32)9-8-22(31)26(5,33)21-7-11-27(34)16-12-18(28)17-13-19(29)20(30)14-24(17,3)15(16)6-10-25(21,27)4/h15-26,30-33H,7-14H2,1-6H3;14-25,29-32H,7-13H2,1-6H3;14,16-25,29-32H,3,7-13H2,1-2,4-6H3;15-17,19-22,29-34H,6-14H2,1-5H3/t16-,17?,18?,19+,20?,21?,22?,23-,24+,25+,26+,28+,29+;15-,16-,17?,18+,19?,20?,21?,22-,23+,24+,25+,27+,28+;16-,17?,18+,19?,20?,21?,22-,23+,24+,25+,27+,28+;15-,16+,17-,19+,20-,21-,22+,24+,25+,26+,27+/m0000/s1. The van der Waals surface area contributed by atoms with E-state index in [9.17, 15) is 111 Å². The third kappa shape index (κ3) is 19.5. The number of aliphatic hydroxyl groups is 18. The summed E-state index contributed by atoms with van der Waals surface area (Å²) < 4.78 is 17.6. The SMILES string of the molecule is C=C(C(C)C)[C@@H](O)[C@H](O)[C@@H](C)[C@H]1CCC2C3COC(=O)C4C[C@H](O)[C@H](O)C[C@]4(C)C3CC[C@@]21C.CC(C)(O)CC[C@@H](O)[C@](C)(O)[C@H]1CC[C@@]2(O)[C@@H]3CC(=O)[C@@H]4C[C@@H](O)[C@@H](O)C[C@]4(C)[C@H]3CC[C@]12C.CC(C)[C@H](C)[C@@H](O)[C@H](O)[C@@H](C)[C@H]1CCC2C3COC(=O)C4C[C@H](O)[C@H](O)C[C@]4(C)C3CC[C@@]21C.CCC(C(C)C)[C@@H](O)[C@H](O)[C@@H](C)[C@H]1CCC2C3COC(=O)C4C[C@H](O)[C@H](O)C[C@]4(C)C3CC[C@@]21C. The van der Waals surface area contributed by atoms with Crippen LogP contribution in [0.15, 0.2) is 12.2 Å². The number of ether oxygens (including phenoxy) is 3. The second-order valence-electron chi connectivity index (χ2n) is 53.3. The van der Waals surface area contributed by atoms with Crippen LogP contribution in [0.2, 0.25) is 0 Å². The molecule has 16 fully saturated rings. The second kappa shape index (κ2) is 41.0. The first-order valence-corrected chi connectivity index (χ1v) is 54.6. The van der Waals surface area contributed by atoms with E-state index in [-0.39, 0.29) is 213 Å². The van der Waals surface area contributed by atoms with Crippen molar-refractivity contribution >= 4 is 23.7 Å². The van der Waals surface area contributed by atoms with E-state index in [1.165, 1.54) is 0 Å². The van der Waals surface area contributed by atoms with Crippen molar-refractivity contribution in [2.75, 3.05) is 19.8 Å². The third-order valence-electron chi connectivity index (χ3n) is 45.4. The van der Waals surface area contributed by atoms with Crippen LogP contribution in [0.1, 0.15) is 332 Å². The van der Waals surface area contributed by atoms with E-state index in [4.69, 9.17) is 14.2 Å². The molecule has 0 bridgehead atoms. The van der Waals surface area contributed by atoms with Crippen LogP contribution in [0.3, 0.4) is 0 Å². The molecule has 25 heteroatoms. The van der Waals surface area contributed by atoms with E-state index >= 15 is 0 Å². The molecule has 18 N–H and O–H groups in total. The summed E-state index contributed by atoms with van der Waals surface area (Å²) in [6, 6.07) is 0. The molecule has 137 heavy (non-hydrogen) atoms. The molecule has 3 heterocycles. The minimum atomic E-state index is -1.44. The fraction of sp³-hybridized carbons (Fsp3) is 0.946. The summed E-state index contributed by atoms with van der Waals surface area (Å²) >= 11 is 0. The van der Waals surface area contributed by atoms with Crippen LogP contribution >= 0.6 is 0 Å². The number of rotatable bonds is 21. The smallest absolute Gasteiger partial charge is 0.309 e. The zero-order valence-corrected chi connectivity index (χ0v) is 87.8. The van der Waals surface area contributed by atoms with Gasteiger partial charge < -0.3 is 106 Å². The van der Waals surface area contributed by atoms with Crippen LogP contribution in [0, 0.1) is 203 Å². The van der Waals surface area contributed by atoms with Gasteiger partial charge in [0.15, 0.2) is 0 Å². The second-order valence-corrected chi connectivity index (χ2v) is 53.3. The van der Waals surface area contributed by atoms with E-state index in [0.717, 1.165) is 89.9 Å². The van der Waals surface area contributed by atoms with Gasteiger partial charge in [0.25, 0.3) is 0 Å². The van der Waals surface area contributed by atoms with Crippen molar-refractivity contribution < 1.29 is 125 Å². The van der Waals surface area contributed by atoms with Gasteiger partial charge in [0.05, 0.1) is 140 Å². The first-order chi connectivity index (χ1) is 63.5. The van der Waals surface area contributed by atoms with Gasteiger partial charge in [-0.2, -0.15) is 0 Å². The number of carbonyl (C=O) groups excluding carboxylic acids is 4. The summed E-state index contributed by atoms with van der Waals surface area (Å²) in [5, 5.41) is 194. The Bertz CT molecular complexity index is 4150. The summed E-state index contributed by atoms with van der Waals surface area (Å²) in [7, 11) is 0. The lowest BCUT2D eigenvalue weighted by Gasteiger charge is -2.64. The highest BCUT2D eigenvalue weighted by Gasteiger charge is 2.74. The minimum Gasteiger partial charge on any atom is -0.465 e. The molecule has 13 unspecified atom stereocenters. The van der Waals surface area contributed by atoms with Crippen LogP contribution in [-0.2, 0) is 33.4 Å². The van der Waals surface area contributed by atoms with E-state index in [1.807, 2.05) is 27.7 Å². The van der Waals surface area contributed by atoms with E-state index in [2.05, 4.69) is 110 Å². The number of Topliss-reactive ketones (excluding diaryl/α,β-unsaturated/α-hetero) is 1. The molecule has 0 aromatic rings. The zero-order valence-electron chi connectivity index (χ0n) is 87.8. The van der Waals surface area contributed by atoms with Gasteiger partial charge in [-0.1, -0.05) is 145 Å². The zero-order chi connectivity index (χ0) is 102. The van der Waals surface area contributed by atoms with Crippen molar-refractivity contribution in [3.63, 3.8) is 0 Å². The molecule has 0 aromatic heterocycles. The van der Waals surface area contributed by atoms with Gasteiger partial charge in [0, 0.05) is 17.8 Å². The van der Waals surface area contributed by atoms with Crippen molar-refractivity contribution in [1.29, 1.82) is 0 Å². The van der Waals surface area contributed by atoms with Gasteiger partial charge in [-0.15, -0.1) is 0 Å². The van der Waals surface area contributed by atoms with Gasteiger partial charge in [-0.3, -0.25) is 19.2 Å². The number of hydrogen-bond acceptors (Lipinski definition) is 25. The maximum atomic E-state index is 13.3. The molecule has 0 amide bonds. The highest BCUT2D eigenvalue weighted by Crippen LogP contribution is 2.74. The van der Waals surface area contributed by atoms with E-state index in [1.54, 1.807) is 20.8 Å². The molecule has 49 atom stereocenters. The fourth-order valence-electron chi connectivity index (χ4n) is 36.3. The summed E-state index contributed by atoms with van der Waals surface area (Å²) in [5.74, 6) is 1.71. The highest BCUT2D eigenvalue weighted by molar-refractivity contribution is 5.84. The van der Waals surface area contributed by atoms with Crippen LogP contribution < -0.4 is 0 Å². The lowest BCUT2D eigenvalue weighted by Crippen LogP contribution is -2.66. The predicted octanol–water partition coefficient (Wildman–Crippen LogP) is 12.4. The monoisotopic (exact) mass is 1940 g/mol. The average Bonchev–Trinajstić information content (AvgIpc) is 1.58. The Morgan fingerprint density at radius 1 is 0.401 bits per heavy atom. The van der Waals surface area contributed by atoms with Crippen molar-refractivity contribution in [1.82, 2.24) is 0 Å². The van der Waals surface area contributed by atoms with E-state index in [0.29, 0.717) is 118 Å². The van der Waals surface area contributed by atoms with Crippen molar-refractivity contribution in [2.24, 2.45) is 203 Å². The quantitative estimate of drug-likeness (QED) is 0.0288. The van der Waals surface area contributed by atoms with Gasteiger partial charge in [0.2, 0.25) is 0 Å². The lowest BCUT2D eigenvalue weighted by atomic mass is 9.42. The van der Waals surface area contributed by atoms with Crippen LogP contribution in [-0.4, -0.2) is 244 Å². The Kier molecular flexibility index (Phi) is 33.3. The summed E-state index contributed by atoms with van der Waals surface area (Å²) in [6.07, 6.45) is 6.48. The maximum absolute atomic E-state index is 13.3. The van der Waals surface area contributed by atoms with Crippen molar-refractivity contribution in [2.45, 2.75) is 440 Å². The summed E-state index contributed by atoms with van der Waals surface area (Å²) in [4.78, 5) is 52.3. The predicted molar refractivity (Wildman–Crippen MR) is 520 cm³/mol. The summed E-state index contributed by atoms with van der Waals surface area (Å²) in [5.41, 5.74) is -5.06. The molecular formula is C112H190O25. The molecule has 3 aliphatic heterocycles. The topological polar surface area (TPSA) is 460 Å². The van der Waals surface area contributed by atoms with Gasteiger partial charge in [0.1, 0.15) is 11.9 Å². The third-order valence-corrected chi connectivity index (χ3v) is 45.4. The van der Waals surface area contributed by atoms with Crippen LogP contribution in [0.25, 0.3) is 0 Å². The number of cyclic esters (lactones) is 3. The van der Waals surface area contributed by atoms with Gasteiger partial charge >= 0.3 is 17.9 Å². The lowest BCUT2D eigenvalue weighted by molar-refractivity contribution is -0.232. The Balaban J connectivity index is 0.000000154.